The minimum absolute atomic E-state index is 0.296. The average Bonchev–Trinajstić information content (AvgIpc) is 2.27. The molecule has 4 heteroatoms. The van der Waals surface area contributed by atoms with Gasteiger partial charge in [0.2, 0.25) is 0 Å². The lowest BCUT2D eigenvalue weighted by atomic mass is 10.1. The maximum atomic E-state index is 6.20. The molecule has 17 heavy (non-hydrogen) atoms. The van der Waals surface area contributed by atoms with E-state index >= 15 is 0 Å². The van der Waals surface area contributed by atoms with Crippen LogP contribution in [-0.4, -0.2) is 23.6 Å². The summed E-state index contributed by atoms with van der Waals surface area (Å²) in [5.41, 5.74) is 2.25. The number of anilines is 1. The Kier molecular flexibility index (Phi) is 4.17. The molecule has 0 saturated carbocycles. The second-order valence-electron chi connectivity index (χ2n) is 4.90. The van der Waals surface area contributed by atoms with E-state index in [1.165, 1.54) is 5.69 Å². The molecule has 0 unspecified atom stereocenters. The van der Waals surface area contributed by atoms with E-state index in [1.807, 2.05) is 23.9 Å². The van der Waals surface area contributed by atoms with Crippen molar-refractivity contribution in [2.24, 2.45) is 0 Å². The Morgan fingerprint density at radius 2 is 2.18 bits per heavy atom. The van der Waals surface area contributed by atoms with Crippen LogP contribution in [0.1, 0.15) is 19.4 Å². The zero-order chi connectivity index (χ0) is 12.5. The van der Waals surface area contributed by atoms with Gasteiger partial charge in [0.1, 0.15) is 0 Å². The SMILES string of the molecule is CC1(C)CN(c2cccc(Cl)c2CCl)CCS1. The first-order valence-electron chi connectivity index (χ1n) is 5.76. The molecule has 0 bridgehead atoms. The van der Waals surface area contributed by atoms with Gasteiger partial charge in [0.15, 0.2) is 0 Å². The lowest BCUT2D eigenvalue weighted by Gasteiger charge is -2.39. The maximum absolute atomic E-state index is 6.20. The number of thioether (sulfide) groups is 1. The Hall–Kier alpha value is -0.0500. The van der Waals surface area contributed by atoms with Crippen molar-refractivity contribution in [2.45, 2.75) is 24.5 Å². The molecule has 0 N–H and O–H groups in total. The van der Waals surface area contributed by atoms with Crippen LogP contribution >= 0.6 is 35.0 Å². The van der Waals surface area contributed by atoms with Crippen molar-refractivity contribution in [3.63, 3.8) is 0 Å². The van der Waals surface area contributed by atoms with E-state index in [4.69, 9.17) is 23.2 Å². The molecule has 1 aliphatic heterocycles. The van der Waals surface area contributed by atoms with Crippen molar-refractivity contribution in [1.29, 1.82) is 0 Å². The van der Waals surface area contributed by atoms with Crippen LogP contribution in [0, 0.1) is 0 Å². The molecule has 1 nitrogen and oxygen atoms in total. The molecular formula is C13H17Cl2NS. The molecule has 0 atom stereocenters. The van der Waals surface area contributed by atoms with Gasteiger partial charge in [-0.2, -0.15) is 11.8 Å². The smallest absolute Gasteiger partial charge is 0.0509 e. The highest BCUT2D eigenvalue weighted by Gasteiger charge is 2.28. The summed E-state index contributed by atoms with van der Waals surface area (Å²) >= 11 is 14.2. The highest BCUT2D eigenvalue weighted by atomic mass is 35.5. The third kappa shape index (κ3) is 3.04. The van der Waals surface area contributed by atoms with E-state index < -0.39 is 0 Å². The largest absolute Gasteiger partial charge is 0.369 e. The summed E-state index contributed by atoms with van der Waals surface area (Å²) in [6.07, 6.45) is 0. The van der Waals surface area contributed by atoms with Crippen molar-refractivity contribution < 1.29 is 0 Å². The Balaban J connectivity index is 2.30. The molecule has 1 aromatic rings. The molecule has 2 rings (SSSR count). The quantitative estimate of drug-likeness (QED) is 0.742. The minimum Gasteiger partial charge on any atom is -0.369 e. The van der Waals surface area contributed by atoms with Gasteiger partial charge >= 0.3 is 0 Å². The van der Waals surface area contributed by atoms with E-state index in [9.17, 15) is 0 Å². The number of benzene rings is 1. The number of hydrogen-bond donors (Lipinski definition) is 0. The van der Waals surface area contributed by atoms with Crippen LogP contribution in [0.2, 0.25) is 5.02 Å². The second kappa shape index (κ2) is 5.29. The molecule has 0 aromatic heterocycles. The zero-order valence-electron chi connectivity index (χ0n) is 10.2. The first kappa shape index (κ1) is 13.4. The molecular weight excluding hydrogens is 273 g/mol. The zero-order valence-corrected chi connectivity index (χ0v) is 12.5. The number of nitrogens with zero attached hydrogens (tertiary/aromatic N) is 1. The van der Waals surface area contributed by atoms with Crippen LogP contribution in [0.25, 0.3) is 0 Å². The van der Waals surface area contributed by atoms with Gasteiger partial charge in [-0.05, 0) is 26.0 Å². The van der Waals surface area contributed by atoms with Crippen LogP contribution in [-0.2, 0) is 5.88 Å². The van der Waals surface area contributed by atoms with Crippen LogP contribution in [0.3, 0.4) is 0 Å². The molecule has 1 heterocycles. The van der Waals surface area contributed by atoms with Crippen LogP contribution in [0.15, 0.2) is 18.2 Å². The standard InChI is InChI=1S/C13H17Cl2NS/c1-13(2)9-16(6-7-17-13)12-5-3-4-11(15)10(12)8-14/h3-5H,6-9H2,1-2H3. The van der Waals surface area contributed by atoms with E-state index in [-0.39, 0.29) is 0 Å². The number of alkyl halides is 1. The second-order valence-corrected chi connectivity index (χ2v) is 7.38. The summed E-state index contributed by atoms with van der Waals surface area (Å²) in [5, 5.41) is 0.772. The summed E-state index contributed by atoms with van der Waals surface area (Å²) in [6, 6.07) is 6.03. The summed E-state index contributed by atoms with van der Waals surface area (Å²) in [7, 11) is 0. The van der Waals surface area contributed by atoms with Gasteiger partial charge in [0.05, 0.1) is 5.88 Å². The topological polar surface area (TPSA) is 3.24 Å². The molecule has 1 fully saturated rings. The van der Waals surface area contributed by atoms with Crippen molar-refractivity contribution >= 4 is 40.7 Å². The Labute approximate surface area is 117 Å². The maximum Gasteiger partial charge on any atom is 0.0509 e. The number of rotatable bonds is 2. The van der Waals surface area contributed by atoms with Gasteiger partial charge in [-0.15, -0.1) is 11.6 Å². The third-order valence-electron chi connectivity index (χ3n) is 2.99. The molecule has 1 aliphatic rings. The molecule has 0 spiro atoms. The molecule has 0 aliphatic carbocycles. The first-order valence-corrected chi connectivity index (χ1v) is 7.65. The molecule has 0 radical (unpaired) electrons. The molecule has 0 amide bonds. The molecule has 1 aromatic carbocycles. The van der Waals surface area contributed by atoms with Crippen LogP contribution < -0.4 is 4.90 Å². The fourth-order valence-electron chi connectivity index (χ4n) is 2.20. The van der Waals surface area contributed by atoms with E-state index in [1.54, 1.807) is 0 Å². The fraction of sp³-hybridized carbons (Fsp3) is 0.538. The number of halogens is 2. The minimum atomic E-state index is 0.296. The lowest BCUT2D eigenvalue weighted by Crippen LogP contribution is -2.43. The Morgan fingerprint density at radius 1 is 1.41 bits per heavy atom. The molecule has 94 valence electrons. The third-order valence-corrected chi connectivity index (χ3v) is 4.91. The van der Waals surface area contributed by atoms with Gasteiger partial charge in [0.25, 0.3) is 0 Å². The van der Waals surface area contributed by atoms with Gasteiger partial charge in [-0.25, -0.2) is 0 Å². The van der Waals surface area contributed by atoms with Crippen molar-refractivity contribution in [3.05, 3.63) is 28.8 Å². The van der Waals surface area contributed by atoms with Crippen LogP contribution in [0.4, 0.5) is 5.69 Å². The Morgan fingerprint density at radius 3 is 2.82 bits per heavy atom. The predicted octanol–water partition coefficient (Wildman–Crippen LogP) is 4.41. The van der Waals surface area contributed by atoms with E-state index in [0.717, 1.165) is 29.4 Å². The van der Waals surface area contributed by atoms with Crippen molar-refractivity contribution in [3.8, 4) is 0 Å². The number of hydrogen-bond acceptors (Lipinski definition) is 2. The summed E-state index contributed by atoms with van der Waals surface area (Å²) < 4.78 is 0.296. The van der Waals surface area contributed by atoms with E-state index in [0.29, 0.717) is 10.6 Å². The molecule has 1 saturated heterocycles. The predicted molar refractivity (Wildman–Crippen MR) is 79.8 cm³/mol. The summed E-state index contributed by atoms with van der Waals surface area (Å²) in [6.45, 7) is 6.68. The summed E-state index contributed by atoms with van der Waals surface area (Å²) in [4.78, 5) is 2.40. The highest BCUT2D eigenvalue weighted by molar-refractivity contribution is 8.00. The first-order chi connectivity index (χ1) is 8.03. The van der Waals surface area contributed by atoms with Crippen molar-refractivity contribution in [1.82, 2.24) is 0 Å². The van der Waals surface area contributed by atoms with Gasteiger partial charge in [-0.1, -0.05) is 17.7 Å². The van der Waals surface area contributed by atoms with E-state index in [2.05, 4.69) is 24.8 Å². The summed E-state index contributed by atoms with van der Waals surface area (Å²) in [5.74, 6) is 1.63. The highest BCUT2D eigenvalue weighted by Crippen LogP contribution is 2.35. The lowest BCUT2D eigenvalue weighted by molar-refractivity contribution is 0.646. The Bertz CT molecular complexity index is 406. The average molecular weight is 290 g/mol. The van der Waals surface area contributed by atoms with Gasteiger partial charge < -0.3 is 4.90 Å². The fourth-order valence-corrected chi connectivity index (χ4v) is 3.89. The van der Waals surface area contributed by atoms with Crippen LogP contribution in [0.5, 0.6) is 0 Å². The van der Waals surface area contributed by atoms with Crippen molar-refractivity contribution in [2.75, 3.05) is 23.7 Å². The van der Waals surface area contributed by atoms with Gasteiger partial charge in [0, 0.05) is 39.9 Å². The normalized spacial score (nSPS) is 19.4. The monoisotopic (exact) mass is 289 g/mol. The van der Waals surface area contributed by atoms with Gasteiger partial charge in [-0.3, -0.25) is 0 Å².